The van der Waals surface area contributed by atoms with Crippen LogP contribution < -0.4 is 0 Å². The number of halogens is 1. The molecule has 0 aromatic carbocycles. The van der Waals surface area contributed by atoms with Gasteiger partial charge in [-0.05, 0) is 35.0 Å². The average molecular weight is 334 g/mol. The summed E-state index contributed by atoms with van der Waals surface area (Å²) in [5.41, 5.74) is 0. The van der Waals surface area contributed by atoms with E-state index in [9.17, 15) is 4.79 Å². The highest BCUT2D eigenvalue weighted by Crippen LogP contribution is 2.30. The molecule has 0 aliphatic carbocycles. The van der Waals surface area contributed by atoms with Crippen LogP contribution in [0.5, 0.6) is 0 Å². The molecule has 1 aliphatic rings. The molecule has 1 fully saturated rings. The van der Waals surface area contributed by atoms with E-state index in [4.69, 9.17) is 9.52 Å². The maximum Gasteiger partial charge on any atom is 0.304 e. The lowest BCUT2D eigenvalue weighted by atomic mass is 10.1. The van der Waals surface area contributed by atoms with Gasteiger partial charge in [-0.3, -0.25) is 9.69 Å². The van der Waals surface area contributed by atoms with Crippen molar-refractivity contribution in [2.45, 2.75) is 25.4 Å². The van der Waals surface area contributed by atoms with Crippen molar-refractivity contribution in [1.82, 2.24) is 4.90 Å². The van der Waals surface area contributed by atoms with Crippen LogP contribution in [0, 0.1) is 0 Å². The van der Waals surface area contributed by atoms with Crippen molar-refractivity contribution < 1.29 is 14.3 Å². The molecular weight excluding hydrogens is 318 g/mol. The molecule has 2 rings (SSSR count). The van der Waals surface area contributed by atoms with Gasteiger partial charge in [0.15, 0.2) is 4.67 Å². The standard InChI is InChI=1S/C12H16BrNO3S/c1-8(10-2-3-11(13)17-10)14-4-5-18-7-9(14)6-12(15)16/h2-3,8-9H,4-7H2,1H3,(H,15,16). The number of rotatable bonds is 4. The highest BCUT2D eigenvalue weighted by atomic mass is 79.9. The molecule has 1 N–H and O–H groups in total. The van der Waals surface area contributed by atoms with Crippen molar-refractivity contribution in [2.75, 3.05) is 18.1 Å². The molecule has 18 heavy (non-hydrogen) atoms. The first kappa shape index (κ1) is 14.0. The van der Waals surface area contributed by atoms with Crippen LogP contribution in [0.2, 0.25) is 0 Å². The predicted molar refractivity (Wildman–Crippen MR) is 74.9 cm³/mol. The summed E-state index contributed by atoms with van der Waals surface area (Å²) >= 11 is 5.12. The summed E-state index contributed by atoms with van der Waals surface area (Å²) in [6.45, 7) is 2.97. The van der Waals surface area contributed by atoms with Crippen molar-refractivity contribution in [3.05, 3.63) is 22.6 Å². The molecule has 2 heterocycles. The first-order valence-corrected chi connectivity index (χ1v) is 7.83. The van der Waals surface area contributed by atoms with E-state index < -0.39 is 5.97 Å². The minimum absolute atomic E-state index is 0.0834. The molecule has 1 saturated heterocycles. The summed E-state index contributed by atoms with van der Waals surface area (Å²) in [7, 11) is 0. The molecule has 4 nitrogen and oxygen atoms in total. The molecular formula is C12H16BrNO3S. The maximum absolute atomic E-state index is 10.9. The molecule has 6 heteroatoms. The Morgan fingerprint density at radius 1 is 1.72 bits per heavy atom. The van der Waals surface area contributed by atoms with Gasteiger partial charge in [-0.15, -0.1) is 0 Å². The van der Waals surface area contributed by atoms with Crippen molar-refractivity contribution in [3.8, 4) is 0 Å². The Hall–Kier alpha value is -0.460. The fourth-order valence-electron chi connectivity index (χ4n) is 2.27. The number of furan rings is 1. The zero-order chi connectivity index (χ0) is 13.1. The quantitative estimate of drug-likeness (QED) is 0.917. The highest BCUT2D eigenvalue weighted by molar-refractivity contribution is 9.10. The second-order valence-electron chi connectivity index (χ2n) is 4.38. The Kier molecular flexibility index (Phi) is 4.75. The molecule has 1 aromatic rings. The number of hydrogen-bond acceptors (Lipinski definition) is 4. The lowest BCUT2D eigenvalue weighted by molar-refractivity contribution is -0.138. The van der Waals surface area contributed by atoms with Gasteiger partial charge < -0.3 is 9.52 Å². The topological polar surface area (TPSA) is 53.7 Å². The van der Waals surface area contributed by atoms with E-state index in [2.05, 4.69) is 27.8 Å². The third kappa shape index (κ3) is 3.30. The Labute approximate surface area is 119 Å². The van der Waals surface area contributed by atoms with Crippen molar-refractivity contribution in [1.29, 1.82) is 0 Å². The minimum Gasteiger partial charge on any atom is -0.481 e. The third-order valence-corrected chi connectivity index (χ3v) is 4.70. The first-order valence-electron chi connectivity index (χ1n) is 5.88. The van der Waals surface area contributed by atoms with Gasteiger partial charge in [0.1, 0.15) is 5.76 Å². The monoisotopic (exact) mass is 333 g/mol. The molecule has 0 radical (unpaired) electrons. The predicted octanol–water partition coefficient (Wildman–Crippen LogP) is 3.00. The van der Waals surface area contributed by atoms with Gasteiger partial charge in [-0.25, -0.2) is 0 Å². The van der Waals surface area contributed by atoms with Crippen molar-refractivity contribution >= 4 is 33.7 Å². The van der Waals surface area contributed by atoms with Crippen LogP contribution >= 0.6 is 27.7 Å². The van der Waals surface area contributed by atoms with Gasteiger partial charge in [0, 0.05) is 24.1 Å². The molecule has 2 atom stereocenters. The lowest BCUT2D eigenvalue weighted by Crippen LogP contribution is -2.44. The number of carbonyl (C=O) groups is 1. The Morgan fingerprint density at radius 2 is 2.50 bits per heavy atom. The molecule has 1 aliphatic heterocycles. The number of hydrogen-bond donors (Lipinski definition) is 1. The second kappa shape index (κ2) is 6.12. The summed E-state index contributed by atoms with van der Waals surface area (Å²) < 4.78 is 6.29. The van der Waals surface area contributed by atoms with Crippen LogP contribution in [0.1, 0.15) is 25.1 Å². The fourth-order valence-corrected chi connectivity index (χ4v) is 3.68. The lowest BCUT2D eigenvalue weighted by Gasteiger charge is -2.38. The van der Waals surface area contributed by atoms with Gasteiger partial charge in [0.2, 0.25) is 0 Å². The summed E-state index contributed by atoms with van der Waals surface area (Å²) in [5, 5.41) is 8.97. The van der Waals surface area contributed by atoms with E-state index in [1.54, 1.807) is 0 Å². The largest absolute Gasteiger partial charge is 0.481 e. The van der Waals surface area contributed by atoms with Crippen LogP contribution in [0.15, 0.2) is 21.2 Å². The van der Waals surface area contributed by atoms with E-state index in [1.165, 1.54) is 0 Å². The van der Waals surface area contributed by atoms with Crippen LogP contribution in [0.4, 0.5) is 0 Å². The summed E-state index contributed by atoms with van der Waals surface area (Å²) in [4.78, 5) is 13.1. The molecule has 0 amide bonds. The zero-order valence-electron chi connectivity index (χ0n) is 10.1. The molecule has 1 aromatic heterocycles. The van der Waals surface area contributed by atoms with E-state index >= 15 is 0 Å². The summed E-state index contributed by atoms with van der Waals surface area (Å²) in [6.07, 6.45) is 0.194. The third-order valence-electron chi connectivity index (χ3n) is 3.19. The highest BCUT2D eigenvalue weighted by Gasteiger charge is 2.30. The number of thioether (sulfide) groups is 1. The molecule has 100 valence electrons. The second-order valence-corrected chi connectivity index (χ2v) is 6.31. The van der Waals surface area contributed by atoms with Gasteiger partial charge in [-0.2, -0.15) is 11.8 Å². The number of carboxylic acids is 1. The summed E-state index contributed by atoms with van der Waals surface area (Å²) in [6, 6.07) is 4.01. The zero-order valence-corrected chi connectivity index (χ0v) is 12.5. The number of aliphatic carboxylic acids is 1. The van der Waals surface area contributed by atoms with Gasteiger partial charge in [0.05, 0.1) is 12.5 Å². The van der Waals surface area contributed by atoms with Crippen LogP contribution in [-0.4, -0.2) is 40.1 Å². The van der Waals surface area contributed by atoms with Crippen LogP contribution in [0.3, 0.4) is 0 Å². The van der Waals surface area contributed by atoms with E-state index in [0.29, 0.717) is 4.67 Å². The van der Waals surface area contributed by atoms with E-state index in [0.717, 1.165) is 23.8 Å². The number of carboxylic acid groups (broad SMARTS) is 1. The fraction of sp³-hybridized carbons (Fsp3) is 0.583. The van der Waals surface area contributed by atoms with Gasteiger partial charge in [-0.1, -0.05) is 0 Å². The van der Waals surface area contributed by atoms with E-state index in [1.807, 2.05) is 23.9 Å². The van der Waals surface area contributed by atoms with Crippen molar-refractivity contribution in [3.63, 3.8) is 0 Å². The molecule has 0 saturated carbocycles. The summed E-state index contributed by atoms with van der Waals surface area (Å²) in [5.74, 6) is 2.06. The first-order chi connectivity index (χ1) is 8.58. The SMILES string of the molecule is CC(c1ccc(Br)o1)N1CCSCC1CC(=O)O. The Morgan fingerprint density at radius 3 is 3.11 bits per heavy atom. The molecule has 0 spiro atoms. The van der Waals surface area contributed by atoms with Crippen molar-refractivity contribution in [2.24, 2.45) is 0 Å². The normalized spacial score (nSPS) is 22.9. The smallest absolute Gasteiger partial charge is 0.304 e. The average Bonchev–Trinajstić information content (AvgIpc) is 2.75. The van der Waals surface area contributed by atoms with Crippen LogP contribution in [0.25, 0.3) is 0 Å². The van der Waals surface area contributed by atoms with Crippen LogP contribution in [-0.2, 0) is 4.79 Å². The minimum atomic E-state index is -0.736. The van der Waals surface area contributed by atoms with E-state index in [-0.39, 0.29) is 18.5 Å². The molecule has 2 unspecified atom stereocenters. The Bertz CT molecular complexity index is 423. The Balaban J connectivity index is 2.10. The van der Waals surface area contributed by atoms with Gasteiger partial charge in [0.25, 0.3) is 0 Å². The number of nitrogens with zero attached hydrogens (tertiary/aromatic N) is 1. The molecule has 0 bridgehead atoms. The maximum atomic E-state index is 10.9. The van der Waals surface area contributed by atoms with Gasteiger partial charge >= 0.3 is 5.97 Å².